The maximum atomic E-state index is 15.1. The van der Waals surface area contributed by atoms with E-state index in [4.69, 9.17) is 56.8 Å². The molecule has 0 radical (unpaired) electrons. The van der Waals surface area contributed by atoms with E-state index in [0.29, 0.717) is 174 Å². The van der Waals surface area contributed by atoms with E-state index in [9.17, 15) is 53.1 Å². The number of hydrogen-bond acceptors (Lipinski definition) is 26. The van der Waals surface area contributed by atoms with Crippen molar-refractivity contribution >= 4 is 65.0 Å². The quantitative estimate of drug-likeness (QED) is 0.0246. The first kappa shape index (κ1) is 120. The normalized spacial score (nSPS) is 19.0. The van der Waals surface area contributed by atoms with Gasteiger partial charge in [-0.2, -0.15) is 0 Å². The number of aliphatic hydroxyl groups excluding tert-OH is 1. The maximum absolute atomic E-state index is 15.1. The molecular weight excluding hydrogens is 1810 g/mol. The Morgan fingerprint density at radius 1 is 0.543 bits per heavy atom. The zero-order chi connectivity index (χ0) is 103. The molecule has 794 valence electrons. The fourth-order valence-electron chi connectivity index (χ4n) is 17.9. The van der Waals surface area contributed by atoms with Gasteiger partial charge in [0.05, 0.1) is 207 Å². The molecule has 0 bridgehead atoms. The number of aliphatic hydroxyl groups is 1. The summed E-state index contributed by atoms with van der Waals surface area (Å²) in [4.78, 5) is 158. The van der Waals surface area contributed by atoms with Gasteiger partial charge in [0.2, 0.25) is 65.0 Å². The van der Waals surface area contributed by atoms with Crippen LogP contribution in [0, 0.1) is 53.3 Å². The fraction of sp³-hybridized carbons (Fsp3) is 0.792. The van der Waals surface area contributed by atoms with E-state index >= 15 is 4.79 Å². The molecular formula is C101H172N15O24+. The molecule has 39 nitrogen and oxygen atoms in total. The van der Waals surface area contributed by atoms with E-state index in [1.165, 1.54) is 33.1 Å². The van der Waals surface area contributed by atoms with Crippen LogP contribution in [0.25, 0.3) is 0 Å². The molecule has 11 amide bonds. The van der Waals surface area contributed by atoms with Crippen LogP contribution in [0.4, 0.5) is 0 Å². The number of carbonyl (C=O) groups excluding carboxylic acids is 11. The highest BCUT2D eigenvalue weighted by Crippen LogP contribution is 2.48. The number of amides is 11. The van der Waals surface area contributed by atoms with E-state index < -0.39 is 132 Å². The number of unbranched alkanes of at least 4 members (excludes halogenated alkanes) is 1. The number of rotatable bonds is 71. The number of hydrogen-bond donors (Lipinski definition) is 9. The van der Waals surface area contributed by atoms with E-state index in [1.807, 2.05) is 36.7 Å². The highest BCUT2D eigenvalue weighted by Gasteiger charge is 2.51. The van der Waals surface area contributed by atoms with Crippen LogP contribution in [0.15, 0.2) is 30.3 Å². The number of nitrogens with one attached hydrogen (secondary N) is 8. The first-order chi connectivity index (χ1) is 67.0. The van der Waals surface area contributed by atoms with Crippen molar-refractivity contribution in [2.75, 3.05) is 201 Å². The Bertz CT molecular complexity index is 4060. The Morgan fingerprint density at radius 2 is 1.10 bits per heavy atom. The van der Waals surface area contributed by atoms with Crippen molar-refractivity contribution in [2.24, 2.45) is 41.4 Å². The lowest BCUT2D eigenvalue weighted by molar-refractivity contribution is -0.869. The summed E-state index contributed by atoms with van der Waals surface area (Å²) in [6.45, 7) is 26.9. The van der Waals surface area contributed by atoms with Crippen LogP contribution in [-0.2, 0) is 123 Å². The lowest BCUT2D eigenvalue weighted by atomic mass is 9.89. The van der Waals surface area contributed by atoms with Crippen LogP contribution in [0.1, 0.15) is 214 Å². The Hall–Kier alpha value is -8.47. The molecule has 6 rings (SSSR count). The molecule has 39 heteroatoms. The molecule has 3 aliphatic carbocycles. The number of carbonyl (C=O) groups is 11. The molecule has 1 aromatic carbocycles. The average Bonchev–Trinajstić information content (AvgIpc) is 1.62. The molecule has 1 saturated carbocycles. The molecule has 1 saturated heterocycles. The van der Waals surface area contributed by atoms with E-state index in [-0.39, 0.29) is 107 Å². The van der Waals surface area contributed by atoms with Gasteiger partial charge in [-0.05, 0) is 119 Å². The van der Waals surface area contributed by atoms with Crippen molar-refractivity contribution in [3.63, 3.8) is 0 Å². The van der Waals surface area contributed by atoms with Gasteiger partial charge in [-0.1, -0.05) is 117 Å². The third kappa shape index (κ3) is 42.8. The van der Waals surface area contributed by atoms with Crippen molar-refractivity contribution in [1.29, 1.82) is 0 Å². The molecule has 2 aromatic rings. The van der Waals surface area contributed by atoms with Crippen molar-refractivity contribution in [3.05, 3.63) is 47.3 Å². The van der Waals surface area contributed by atoms with Gasteiger partial charge in [0.1, 0.15) is 55.2 Å². The highest BCUT2D eigenvalue weighted by molar-refractivity contribution is 5.97. The fourth-order valence-corrected chi connectivity index (χ4v) is 17.9. The van der Waals surface area contributed by atoms with Gasteiger partial charge in [0, 0.05) is 73.6 Å². The minimum atomic E-state index is -1.25. The number of nitrogens with zero attached hydrogens (tertiary/aromatic N) is 7. The van der Waals surface area contributed by atoms with Crippen LogP contribution in [0.3, 0.4) is 0 Å². The van der Waals surface area contributed by atoms with Crippen LogP contribution in [0.5, 0.6) is 0 Å². The first-order valence-electron chi connectivity index (χ1n) is 51.0. The van der Waals surface area contributed by atoms with E-state index in [0.717, 1.165) is 68.1 Å². The minimum Gasteiger partial charge on any atom is -0.386 e. The zero-order valence-corrected chi connectivity index (χ0v) is 87.1. The number of benzene rings is 1. The van der Waals surface area contributed by atoms with Gasteiger partial charge in [0.25, 0.3) is 0 Å². The molecule has 4 aliphatic rings. The second-order valence-corrected chi connectivity index (χ2v) is 39.2. The summed E-state index contributed by atoms with van der Waals surface area (Å²) in [5.41, 5.74) is 2.28. The minimum absolute atomic E-state index is 0.0131. The largest absolute Gasteiger partial charge is 0.386 e. The highest BCUT2D eigenvalue weighted by atomic mass is 16.6. The molecule has 2 heterocycles. The molecule has 0 spiro atoms. The van der Waals surface area contributed by atoms with Gasteiger partial charge in [0.15, 0.2) is 0 Å². The third-order valence-electron chi connectivity index (χ3n) is 26.3. The number of ether oxygens (including phenoxy) is 12. The van der Waals surface area contributed by atoms with Crippen LogP contribution < -0.4 is 42.5 Å². The van der Waals surface area contributed by atoms with Gasteiger partial charge < -0.3 is 124 Å². The van der Waals surface area contributed by atoms with Crippen LogP contribution in [0.2, 0.25) is 0 Å². The lowest BCUT2D eigenvalue weighted by Gasteiger charge is -2.41. The monoisotopic (exact) mass is 1980 g/mol. The molecule has 2 fully saturated rings. The zero-order valence-electron chi connectivity index (χ0n) is 87.1. The summed E-state index contributed by atoms with van der Waals surface area (Å²) in [5.74, 6) is 0.0893. The summed E-state index contributed by atoms with van der Waals surface area (Å²) in [6, 6.07) is 1.36. The molecule has 1 aromatic heterocycles. The van der Waals surface area contributed by atoms with Gasteiger partial charge in [-0.3, -0.25) is 52.7 Å². The van der Waals surface area contributed by atoms with Gasteiger partial charge >= 0.3 is 0 Å². The number of quaternary nitrogens is 1. The molecule has 1 aliphatic heterocycles. The van der Waals surface area contributed by atoms with Crippen molar-refractivity contribution in [1.82, 2.24) is 72.2 Å². The molecule has 2 unspecified atom stereocenters. The summed E-state index contributed by atoms with van der Waals surface area (Å²) < 4.78 is 72.3. The first-order valence-corrected chi connectivity index (χ1v) is 51.0. The Labute approximate surface area is 831 Å². The number of likely N-dealkylation sites (tertiary alicyclic amines) is 1. The predicted octanol–water partition coefficient (Wildman–Crippen LogP) is 4.71. The molecule has 17 atom stereocenters. The standard InChI is InChI=1S/C101H171N15O24/c1-19-71(8)92(82(129-17)65-87(121)114-46-32-39-80(114)94(130-18)72(9)96(123)105-73(10)93(122)75-33-24-22-25-34-75)113(13)101(128)89(69(4)5)109-99(126)91(70(6)7)112(12)100(127)74(11)106-98(125)88(68(2)3)108-97(124)78(107-84(118)42-50-132-54-58-136-61-63-137-59-55-133-51-45-104-86(120)67-140-95-76-35-26-20-21-27-36-77(76)95)37-30-31-43-102-85(119)66-139-81-40-29-23-28-38-79-90(81)110-111-115(79)47-52-134-56-60-138-64-62-135-57-53-131-49-41-83(117)103-44-48-116(14,15)16/h22,24-25,33-34,68-74,76-78,80-82,88-89,91-95,122H,19,23,26-32,35-67H2,1-18H3,(H7-,102,103,104,105,106,107,108,109,117,118,119,120,123,124,125,126)/p+1/t71-,72+,73+,74-,76-,77+,78+,80-,81?,82+,88-,89-,91-,92-,93+,94+,95?/m0/s1. The second kappa shape index (κ2) is 65.7. The van der Waals surface area contributed by atoms with Crippen LogP contribution in [-0.4, -0.2) is 372 Å². The Balaban J connectivity index is 0.991. The van der Waals surface area contributed by atoms with Gasteiger partial charge in [-0.25, -0.2) is 4.68 Å². The summed E-state index contributed by atoms with van der Waals surface area (Å²) in [6.07, 6.45) is 7.83. The van der Waals surface area contributed by atoms with Crippen molar-refractivity contribution in [2.45, 2.75) is 277 Å². The maximum Gasteiger partial charge on any atom is 0.246 e. The Morgan fingerprint density at radius 3 is 1.67 bits per heavy atom. The summed E-state index contributed by atoms with van der Waals surface area (Å²) in [5, 5.41) is 43.1. The number of methoxy groups -OCH3 is 2. The topological polar surface area (TPSA) is 455 Å². The summed E-state index contributed by atoms with van der Waals surface area (Å²) in [7, 11) is 12.3. The van der Waals surface area contributed by atoms with Crippen molar-refractivity contribution in [3.8, 4) is 11.8 Å². The number of fused-ring (bicyclic) bond motifs is 2. The lowest BCUT2D eigenvalue weighted by Crippen LogP contribution is -2.62. The second-order valence-electron chi connectivity index (χ2n) is 39.2. The predicted molar refractivity (Wildman–Crippen MR) is 525 cm³/mol. The van der Waals surface area contributed by atoms with Crippen LogP contribution >= 0.6 is 0 Å². The number of aromatic nitrogens is 3. The molecule has 140 heavy (non-hydrogen) atoms. The van der Waals surface area contributed by atoms with E-state index in [1.54, 1.807) is 84.4 Å². The third-order valence-corrected chi connectivity index (χ3v) is 26.3. The average molecular weight is 1980 g/mol. The van der Waals surface area contributed by atoms with Crippen molar-refractivity contribution < 1.29 is 119 Å². The van der Waals surface area contributed by atoms with Gasteiger partial charge in [-0.15, -0.1) is 16.9 Å². The van der Waals surface area contributed by atoms with E-state index in [2.05, 4.69) is 85.8 Å². The number of likely N-dealkylation sites (N-methyl/N-ethyl adjacent to an activating group) is 3. The smallest absolute Gasteiger partial charge is 0.246 e. The Kier molecular flexibility index (Phi) is 56.4. The SMILES string of the molecule is CC[C@H](C)[C@@H]([C@@H](CC(=O)N1CCC[C@H]1[C@H](OC)[C@@H](C)C(=O)N[C@H](C)[C@@H](O)c1ccccc1)OC)N(C)C(=O)[C@@H](NC(=O)[C@H](C(C)C)N(C)C(=O)[C@H](C)NC(=O)[C@@H](NC(=O)[C@@H](CCCCNC(=O)COC1CCCCCc2c1nnn2CCOCCOCCOCCOCCC(=O)NCC[N+](C)(C)C)NC(=O)CCOCCOCCOCCOCCNC(=O)COC1[C@H]2CCC#CCC[C@@H]12)C(C)C)C(C)C. The molecule has 9 N–H and O–H groups in total. The summed E-state index contributed by atoms with van der Waals surface area (Å²) >= 11 is 0.